The summed E-state index contributed by atoms with van der Waals surface area (Å²) >= 11 is 6.14. The lowest BCUT2D eigenvalue weighted by molar-refractivity contribution is -0.117. The van der Waals surface area contributed by atoms with E-state index in [1.54, 1.807) is 47.5 Å². The number of amides is 2. The molecule has 0 aliphatic rings. The number of hydrogen-bond donors (Lipinski definition) is 2. The van der Waals surface area contributed by atoms with Crippen LogP contribution in [-0.2, 0) is 11.3 Å². The fraction of sp³-hybridized carbons (Fsp3) is 0.125. The quantitative estimate of drug-likeness (QED) is 0.169. The topological polar surface area (TPSA) is 93.8 Å². The van der Waals surface area contributed by atoms with Crippen LogP contribution in [0.2, 0.25) is 5.02 Å². The van der Waals surface area contributed by atoms with Crippen LogP contribution in [0.1, 0.15) is 27.9 Å². The predicted octanol–water partition coefficient (Wildman–Crippen LogP) is 5.68. The molecule has 0 spiro atoms. The zero-order chi connectivity index (χ0) is 28.6. The van der Waals surface area contributed by atoms with Crippen LogP contribution in [0.15, 0.2) is 109 Å². The van der Waals surface area contributed by atoms with Gasteiger partial charge < -0.3 is 15.2 Å². The van der Waals surface area contributed by atoms with Crippen LogP contribution in [0.4, 0.5) is 0 Å². The van der Waals surface area contributed by atoms with Crippen molar-refractivity contribution in [3.8, 4) is 16.9 Å². The molecular formula is C32H29ClN6O2. The molecule has 2 aromatic heterocycles. The first-order valence-electron chi connectivity index (χ1n) is 13.2. The zero-order valence-corrected chi connectivity index (χ0v) is 23.3. The lowest BCUT2D eigenvalue weighted by Gasteiger charge is -2.12. The number of carbonyl (C=O) groups is 2. The molecule has 0 bridgehead atoms. The van der Waals surface area contributed by atoms with Crippen molar-refractivity contribution in [3.05, 3.63) is 131 Å². The van der Waals surface area contributed by atoms with Gasteiger partial charge in [0.1, 0.15) is 11.4 Å². The molecule has 9 heteroatoms. The SMILES string of the molecule is Cc1ccc(C(=O)N/C(=C/c2cn(-c3ccccc3)nc2-c2ccc(Cl)cc2)C(=O)NCCCn2ccnc2)cc1. The van der Waals surface area contributed by atoms with E-state index in [0.717, 1.165) is 16.8 Å². The van der Waals surface area contributed by atoms with Crippen LogP contribution in [0.5, 0.6) is 0 Å². The lowest BCUT2D eigenvalue weighted by Crippen LogP contribution is -2.35. The highest BCUT2D eigenvalue weighted by atomic mass is 35.5. The van der Waals surface area contributed by atoms with Gasteiger partial charge in [-0.3, -0.25) is 9.59 Å². The Labute approximate surface area is 243 Å². The van der Waals surface area contributed by atoms with Crippen molar-refractivity contribution >= 4 is 29.5 Å². The van der Waals surface area contributed by atoms with Crippen molar-refractivity contribution in [1.82, 2.24) is 30.0 Å². The van der Waals surface area contributed by atoms with E-state index in [1.807, 2.05) is 78.5 Å². The Kier molecular flexibility index (Phi) is 8.71. The van der Waals surface area contributed by atoms with Crippen molar-refractivity contribution in [2.24, 2.45) is 0 Å². The second-order valence-corrected chi connectivity index (χ2v) is 9.94. The summed E-state index contributed by atoms with van der Waals surface area (Å²) in [4.78, 5) is 30.7. The molecule has 5 rings (SSSR count). The van der Waals surface area contributed by atoms with Crippen LogP contribution in [-0.4, -0.2) is 37.7 Å². The molecule has 5 aromatic rings. The Bertz CT molecular complexity index is 1640. The normalized spacial score (nSPS) is 11.3. The van der Waals surface area contributed by atoms with Crippen molar-refractivity contribution in [3.63, 3.8) is 0 Å². The van der Waals surface area contributed by atoms with E-state index in [2.05, 4.69) is 15.6 Å². The highest BCUT2D eigenvalue weighted by Gasteiger charge is 2.18. The lowest BCUT2D eigenvalue weighted by atomic mass is 10.1. The molecule has 0 saturated carbocycles. The Morgan fingerprint density at radius 1 is 0.976 bits per heavy atom. The second-order valence-electron chi connectivity index (χ2n) is 9.51. The minimum Gasteiger partial charge on any atom is -0.351 e. The van der Waals surface area contributed by atoms with E-state index >= 15 is 0 Å². The number of hydrogen-bond acceptors (Lipinski definition) is 4. The number of imidazole rings is 1. The molecule has 2 heterocycles. The van der Waals surface area contributed by atoms with Gasteiger partial charge in [0.15, 0.2) is 0 Å². The molecule has 2 amide bonds. The van der Waals surface area contributed by atoms with E-state index in [4.69, 9.17) is 16.7 Å². The maximum atomic E-state index is 13.4. The molecule has 0 radical (unpaired) electrons. The van der Waals surface area contributed by atoms with Gasteiger partial charge in [-0.15, -0.1) is 0 Å². The monoisotopic (exact) mass is 564 g/mol. The van der Waals surface area contributed by atoms with Crippen LogP contribution in [0.3, 0.4) is 0 Å². The number of carbonyl (C=O) groups excluding carboxylic acids is 2. The summed E-state index contributed by atoms with van der Waals surface area (Å²) in [7, 11) is 0. The Hall–Kier alpha value is -4.95. The first kappa shape index (κ1) is 27.6. The second kappa shape index (κ2) is 12.9. The number of nitrogens with zero attached hydrogens (tertiary/aromatic N) is 4. The third-order valence-corrected chi connectivity index (χ3v) is 6.68. The molecular weight excluding hydrogens is 536 g/mol. The van der Waals surface area contributed by atoms with Crippen molar-refractivity contribution in [2.45, 2.75) is 19.9 Å². The van der Waals surface area contributed by atoms with E-state index in [-0.39, 0.29) is 11.6 Å². The summed E-state index contributed by atoms with van der Waals surface area (Å²) in [5.41, 5.74) is 4.57. The number of nitrogens with one attached hydrogen (secondary N) is 2. The van der Waals surface area contributed by atoms with E-state index in [1.165, 1.54) is 0 Å². The molecule has 0 unspecified atom stereocenters. The number of aryl methyl sites for hydroxylation is 2. The van der Waals surface area contributed by atoms with Crippen LogP contribution in [0.25, 0.3) is 23.0 Å². The first-order chi connectivity index (χ1) is 20.0. The standard InChI is InChI=1S/C32H29ClN6O2/c1-23-8-10-25(11-9-23)31(40)36-29(32(41)35-16-5-18-38-19-17-34-22-38)20-26-21-39(28-6-3-2-4-7-28)37-30(26)24-12-14-27(33)15-13-24/h2-4,6-15,17,19-22H,5,16,18H2,1H3,(H,35,41)(H,36,40)/b29-20+. The van der Waals surface area contributed by atoms with Crippen LogP contribution < -0.4 is 10.6 Å². The van der Waals surface area contributed by atoms with E-state index in [9.17, 15) is 9.59 Å². The van der Waals surface area contributed by atoms with Gasteiger partial charge in [0, 0.05) is 53.4 Å². The molecule has 41 heavy (non-hydrogen) atoms. The molecule has 206 valence electrons. The Balaban J connectivity index is 1.48. The Morgan fingerprint density at radius 2 is 1.73 bits per heavy atom. The molecule has 0 aliphatic carbocycles. The fourth-order valence-electron chi connectivity index (χ4n) is 4.23. The molecule has 8 nitrogen and oxygen atoms in total. The maximum absolute atomic E-state index is 13.4. The molecule has 0 atom stereocenters. The molecule has 2 N–H and O–H groups in total. The number of para-hydroxylation sites is 1. The summed E-state index contributed by atoms with van der Waals surface area (Å²) < 4.78 is 3.69. The third kappa shape index (κ3) is 7.17. The number of aromatic nitrogens is 4. The molecule has 0 fully saturated rings. The van der Waals surface area contributed by atoms with Gasteiger partial charge in [-0.1, -0.05) is 59.6 Å². The summed E-state index contributed by atoms with van der Waals surface area (Å²) in [6.45, 7) is 3.08. The number of benzene rings is 3. The van der Waals surface area contributed by atoms with Gasteiger partial charge in [0.2, 0.25) is 0 Å². The highest BCUT2D eigenvalue weighted by Crippen LogP contribution is 2.27. The van der Waals surface area contributed by atoms with E-state index < -0.39 is 5.91 Å². The summed E-state index contributed by atoms with van der Waals surface area (Å²) in [6.07, 6.45) is 9.52. The number of rotatable bonds is 10. The largest absolute Gasteiger partial charge is 0.351 e. The summed E-state index contributed by atoms with van der Waals surface area (Å²) in [5, 5.41) is 11.2. The van der Waals surface area contributed by atoms with Crippen molar-refractivity contribution in [1.29, 1.82) is 0 Å². The first-order valence-corrected chi connectivity index (χ1v) is 13.6. The smallest absolute Gasteiger partial charge is 0.267 e. The highest BCUT2D eigenvalue weighted by molar-refractivity contribution is 6.30. The van der Waals surface area contributed by atoms with Gasteiger partial charge in [0.25, 0.3) is 11.8 Å². The van der Waals surface area contributed by atoms with Crippen molar-refractivity contribution < 1.29 is 9.59 Å². The molecule has 0 aliphatic heterocycles. The van der Waals surface area contributed by atoms with Gasteiger partial charge in [-0.25, -0.2) is 9.67 Å². The average molecular weight is 565 g/mol. The predicted molar refractivity (Wildman–Crippen MR) is 160 cm³/mol. The van der Waals surface area contributed by atoms with Gasteiger partial charge in [-0.2, -0.15) is 5.10 Å². The minimum atomic E-state index is -0.398. The average Bonchev–Trinajstić information content (AvgIpc) is 3.66. The summed E-state index contributed by atoms with van der Waals surface area (Å²) in [5.74, 6) is -0.779. The maximum Gasteiger partial charge on any atom is 0.267 e. The third-order valence-electron chi connectivity index (χ3n) is 6.43. The van der Waals surface area contributed by atoms with Crippen molar-refractivity contribution in [2.75, 3.05) is 6.54 Å². The zero-order valence-electron chi connectivity index (χ0n) is 22.5. The van der Waals surface area contributed by atoms with Crippen LogP contribution in [0, 0.1) is 6.92 Å². The van der Waals surface area contributed by atoms with Gasteiger partial charge in [-0.05, 0) is 55.8 Å². The number of halogens is 1. The summed E-state index contributed by atoms with van der Waals surface area (Å²) in [6, 6.07) is 24.2. The molecule has 3 aromatic carbocycles. The van der Waals surface area contributed by atoms with E-state index in [0.29, 0.717) is 41.4 Å². The van der Waals surface area contributed by atoms with Crippen LogP contribution >= 0.6 is 11.6 Å². The fourth-order valence-corrected chi connectivity index (χ4v) is 4.36. The molecule has 0 saturated heterocycles. The minimum absolute atomic E-state index is 0.112. The van der Waals surface area contributed by atoms with Gasteiger partial charge >= 0.3 is 0 Å². The Morgan fingerprint density at radius 3 is 2.44 bits per heavy atom. The van der Waals surface area contributed by atoms with Gasteiger partial charge in [0.05, 0.1) is 12.0 Å².